The van der Waals surface area contributed by atoms with Crippen molar-refractivity contribution in [3.63, 3.8) is 0 Å². The molecule has 2 rings (SSSR count). The minimum absolute atomic E-state index is 0.0203. The molecular formula is C13H22O3. The molecule has 2 fully saturated rings. The lowest BCUT2D eigenvalue weighted by Gasteiger charge is -2.45. The second-order valence-electron chi connectivity index (χ2n) is 6.59. The Labute approximate surface area is 97.6 Å². The van der Waals surface area contributed by atoms with Gasteiger partial charge in [0.25, 0.3) is 0 Å². The molecule has 3 nitrogen and oxygen atoms in total. The molecule has 0 aromatic rings. The second kappa shape index (κ2) is 2.89. The molecule has 3 heteroatoms. The SMILES string of the molecule is C=C1C(C)(C)C(C)(C)C(C)(C)C12COOO2. The minimum Gasteiger partial charge on any atom is -0.203 e. The summed E-state index contributed by atoms with van der Waals surface area (Å²) < 4.78 is 0. The summed E-state index contributed by atoms with van der Waals surface area (Å²) in [5, 5.41) is 4.71. The monoisotopic (exact) mass is 226 g/mol. The van der Waals surface area contributed by atoms with Gasteiger partial charge in [-0.05, 0) is 16.4 Å². The van der Waals surface area contributed by atoms with E-state index in [9.17, 15) is 0 Å². The van der Waals surface area contributed by atoms with E-state index < -0.39 is 5.60 Å². The maximum atomic E-state index is 5.48. The van der Waals surface area contributed by atoms with Crippen molar-refractivity contribution in [2.75, 3.05) is 6.61 Å². The third kappa shape index (κ3) is 0.957. The molecule has 0 radical (unpaired) electrons. The number of hydrogen-bond donors (Lipinski definition) is 0. The summed E-state index contributed by atoms with van der Waals surface area (Å²) in [6.07, 6.45) is 0. The Balaban J connectivity index is 2.62. The van der Waals surface area contributed by atoms with E-state index in [1.165, 1.54) is 0 Å². The highest BCUT2D eigenvalue weighted by Crippen LogP contribution is 2.70. The van der Waals surface area contributed by atoms with Gasteiger partial charge in [-0.1, -0.05) is 53.2 Å². The zero-order chi connectivity index (χ0) is 12.4. The van der Waals surface area contributed by atoms with Crippen LogP contribution in [0.25, 0.3) is 0 Å². The van der Waals surface area contributed by atoms with E-state index in [0.29, 0.717) is 6.61 Å². The fourth-order valence-electron chi connectivity index (χ4n) is 3.18. The Morgan fingerprint density at radius 3 is 1.88 bits per heavy atom. The normalized spacial score (nSPS) is 39.5. The summed E-state index contributed by atoms with van der Waals surface area (Å²) in [4.78, 5) is 10.5. The fourth-order valence-corrected chi connectivity index (χ4v) is 3.18. The van der Waals surface area contributed by atoms with Crippen LogP contribution in [0.3, 0.4) is 0 Å². The lowest BCUT2D eigenvalue weighted by atomic mass is 9.59. The van der Waals surface area contributed by atoms with E-state index in [4.69, 9.17) is 14.8 Å². The van der Waals surface area contributed by atoms with E-state index in [1.807, 2.05) is 0 Å². The van der Waals surface area contributed by atoms with Crippen molar-refractivity contribution in [1.82, 2.24) is 0 Å². The summed E-state index contributed by atoms with van der Waals surface area (Å²) in [6.45, 7) is 18.0. The number of rotatable bonds is 0. The predicted molar refractivity (Wildman–Crippen MR) is 61.3 cm³/mol. The Hall–Kier alpha value is -0.380. The van der Waals surface area contributed by atoms with Gasteiger partial charge in [0.15, 0.2) is 5.60 Å². The van der Waals surface area contributed by atoms with Crippen LogP contribution in [0.15, 0.2) is 12.2 Å². The minimum atomic E-state index is -0.528. The lowest BCUT2D eigenvalue weighted by molar-refractivity contribution is -0.472. The molecular weight excluding hydrogens is 204 g/mol. The number of hydrogen-bond acceptors (Lipinski definition) is 3. The molecule has 1 unspecified atom stereocenters. The summed E-state index contributed by atoms with van der Waals surface area (Å²) in [5.41, 5.74) is 0.464. The highest BCUT2D eigenvalue weighted by atomic mass is 17.5. The van der Waals surface area contributed by atoms with Gasteiger partial charge in [-0.2, -0.15) is 4.89 Å². The van der Waals surface area contributed by atoms with Crippen molar-refractivity contribution in [3.05, 3.63) is 12.2 Å². The van der Waals surface area contributed by atoms with Crippen LogP contribution in [0.1, 0.15) is 41.5 Å². The van der Waals surface area contributed by atoms with Gasteiger partial charge in [-0.15, -0.1) is 0 Å². The van der Waals surface area contributed by atoms with E-state index in [0.717, 1.165) is 5.57 Å². The van der Waals surface area contributed by atoms with E-state index >= 15 is 0 Å². The van der Waals surface area contributed by atoms with Crippen molar-refractivity contribution in [2.24, 2.45) is 16.2 Å². The maximum absolute atomic E-state index is 5.48. The molecule has 0 aromatic carbocycles. The molecule has 16 heavy (non-hydrogen) atoms. The Morgan fingerprint density at radius 1 is 1.00 bits per heavy atom. The average Bonchev–Trinajstić information content (AvgIpc) is 2.67. The van der Waals surface area contributed by atoms with Gasteiger partial charge < -0.3 is 0 Å². The van der Waals surface area contributed by atoms with Crippen LogP contribution >= 0.6 is 0 Å². The van der Waals surface area contributed by atoms with Crippen LogP contribution in [-0.4, -0.2) is 12.2 Å². The molecule has 0 bridgehead atoms. The third-order valence-electron chi connectivity index (χ3n) is 5.86. The molecule has 1 heterocycles. The molecule has 1 aliphatic carbocycles. The smallest absolute Gasteiger partial charge is 0.160 e. The van der Waals surface area contributed by atoms with Gasteiger partial charge in [-0.3, -0.25) is 0 Å². The van der Waals surface area contributed by atoms with Gasteiger partial charge in [0.2, 0.25) is 0 Å². The third-order valence-corrected chi connectivity index (χ3v) is 5.86. The van der Waals surface area contributed by atoms with Crippen LogP contribution in [-0.2, 0) is 14.8 Å². The van der Waals surface area contributed by atoms with Crippen molar-refractivity contribution in [3.8, 4) is 0 Å². The first-order valence-corrected chi connectivity index (χ1v) is 5.78. The average molecular weight is 226 g/mol. The van der Waals surface area contributed by atoms with Crippen molar-refractivity contribution in [1.29, 1.82) is 0 Å². The summed E-state index contributed by atoms with van der Waals surface area (Å²) in [5.74, 6) is 0. The molecule has 1 spiro atoms. The summed E-state index contributed by atoms with van der Waals surface area (Å²) >= 11 is 0. The molecule has 0 amide bonds. The quantitative estimate of drug-likeness (QED) is 0.468. The van der Waals surface area contributed by atoms with Gasteiger partial charge in [0, 0.05) is 5.41 Å². The molecule has 92 valence electrons. The Bertz CT molecular complexity index is 333. The topological polar surface area (TPSA) is 27.7 Å². The molecule has 0 N–H and O–H groups in total. The van der Waals surface area contributed by atoms with E-state index in [2.05, 4.69) is 48.1 Å². The first-order valence-electron chi connectivity index (χ1n) is 5.78. The van der Waals surface area contributed by atoms with Gasteiger partial charge in [0.1, 0.15) is 6.61 Å². The molecule has 1 saturated heterocycles. The van der Waals surface area contributed by atoms with Gasteiger partial charge in [-0.25, -0.2) is 4.89 Å². The van der Waals surface area contributed by atoms with Crippen LogP contribution in [0.5, 0.6) is 0 Å². The van der Waals surface area contributed by atoms with Gasteiger partial charge in [0.05, 0.1) is 0 Å². The predicted octanol–water partition coefficient (Wildman–Crippen LogP) is 3.27. The largest absolute Gasteiger partial charge is 0.203 e. The summed E-state index contributed by atoms with van der Waals surface area (Å²) in [6, 6.07) is 0. The van der Waals surface area contributed by atoms with Crippen molar-refractivity contribution in [2.45, 2.75) is 47.1 Å². The molecule has 0 aromatic heterocycles. The first kappa shape index (κ1) is 12.1. The second-order valence-corrected chi connectivity index (χ2v) is 6.59. The Kier molecular flexibility index (Phi) is 2.19. The zero-order valence-electron chi connectivity index (χ0n) is 11.1. The van der Waals surface area contributed by atoms with Crippen LogP contribution in [0.2, 0.25) is 0 Å². The molecule has 2 aliphatic rings. The van der Waals surface area contributed by atoms with Crippen LogP contribution in [0, 0.1) is 16.2 Å². The molecule has 1 aliphatic heterocycles. The highest BCUT2D eigenvalue weighted by molar-refractivity contribution is 5.37. The lowest BCUT2D eigenvalue weighted by Crippen LogP contribution is -2.48. The van der Waals surface area contributed by atoms with E-state index in [1.54, 1.807) is 0 Å². The van der Waals surface area contributed by atoms with Crippen LogP contribution in [0.4, 0.5) is 0 Å². The van der Waals surface area contributed by atoms with E-state index in [-0.39, 0.29) is 16.2 Å². The first-order chi connectivity index (χ1) is 7.11. The van der Waals surface area contributed by atoms with Crippen molar-refractivity contribution < 1.29 is 14.8 Å². The van der Waals surface area contributed by atoms with Crippen molar-refractivity contribution >= 4 is 0 Å². The zero-order valence-corrected chi connectivity index (χ0v) is 11.1. The summed E-state index contributed by atoms with van der Waals surface area (Å²) in [7, 11) is 0. The highest BCUT2D eigenvalue weighted by Gasteiger charge is 2.72. The fraction of sp³-hybridized carbons (Fsp3) is 0.846. The molecule has 1 atom stereocenters. The van der Waals surface area contributed by atoms with Gasteiger partial charge >= 0.3 is 0 Å². The Morgan fingerprint density at radius 2 is 1.56 bits per heavy atom. The standard InChI is InChI=1S/C13H22O3/c1-9-10(2,3)11(4,5)12(6,7)13(9)8-14-16-15-13/h1,8H2,2-7H3. The van der Waals surface area contributed by atoms with Crippen LogP contribution < -0.4 is 0 Å². The maximum Gasteiger partial charge on any atom is 0.160 e. The molecule has 1 saturated carbocycles.